The summed E-state index contributed by atoms with van der Waals surface area (Å²) in [7, 11) is 1.48. The molecule has 2 rings (SSSR count). The zero-order chi connectivity index (χ0) is 17.9. The van der Waals surface area contributed by atoms with E-state index in [0.717, 1.165) is 16.7 Å². The molecule has 1 fully saturated rings. The van der Waals surface area contributed by atoms with Crippen molar-refractivity contribution in [2.75, 3.05) is 20.3 Å². The molecule has 1 aromatic rings. The van der Waals surface area contributed by atoms with Crippen molar-refractivity contribution in [3.05, 3.63) is 27.6 Å². The topological polar surface area (TPSA) is 78.9 Å². The average Bonchev–Trinajstić information content (AvgIpc) is 2.75. The van der Waals surface area contributed by atoms with E-state index in [1.807, 2.05) is 6.92 Å². The highest BCUT2D eigenvalue weighted by Crippen LogP contribution is 2.38. The minimum atomic E-state index is -1.38. The molecule has 24 heavy (non-hydrogen) atoms. The lowest BCUT2D eigenvalue weighted by atomic mass is 10.1. The van der Waals surface area contributed by atoms with Crippen LogP contribution in [-0.2, 0) is 9.59 Å². The van der Waals surface area contributed by atoms with Crippen LogP contribution in [0.5, 0.6) is 11.5 Å². The fourth-order valence-electron chi connectivity index (χ4n) is 2.05. The van der Waals surface area contributed by atoms with Crippen molar-refractivity contribution in [2.24, 2.45) is 0 Å². The first-order chi connectivity index (χ1) is 11.4. The molecule has 1 aliphatic rings. The minimum absolute atomic E-state index is 0.167. The van der Waals surface area contributed by atoms with Gasteiger partial charge in [0, 0.05) is 0 Å². The van der Waals surface area contributed by atoms with E-state index in [0.29, 0.717) is 33.6 Å². The van der Waals surface area contributed by atoms with E-state index in [9.17, 15) is 14.7 Å². The van der Waals surface area contributed by atoms with Gasteiger partial charge in [-0.1, -0.05) is 35.6 Å². The van der Waals surface area contributed by atoms with Gasteiger partial charge in [0.05, 0.1) is 36.2 Å². The number of benzene rings is 1. The maximum Gasteiger partial charge on any atom is 0.266 e. The first kappa shape index (κ1) is 18.6. The molecule has 1 amide bonds. The molecule has 1 aromatic carbocycles. The Morgan fingerprint density at radius 3 is 2.79 bits per heavy atom. The van der Waals surface area contributed by atoms with Gasteiger partial charge in [-0.3, -0.25) is 9.69 Å². The van der Waals surface area contributed by atoms with Crippen molar-refractivity contribution in [3.8, 4) is 11.5 Å². The Kier molecular flexibility index (Phi) is 6.09. The third-order valence-electron chi connectivity index (χ3n) is 2.99. The summed E-state index contributed by atoms with van der Waals surface area (Å²) in [5.41, 5.74) is 0.609. The number of methoxy groups -OCH3 is 1. The van der Waals surface area contributed by atoms with Gasteiger partial charge in [-0.25, -0.2) is 0 Å². The first-order valence-corrected chi connectivity index (χ1v) is 8.43. The second-order valence-electron chi connectivity index (χ2n) is 4.61. The zero-order valence-electron chi connectivity index (χ0n) is 12.8. The van der Waals surface area contributed by atoms with Crippen molar-refractivity contribution in [1.82, 2.24) is 4.90 Å². The summed E-state index contributed by atoms with van der Waals surface area (Å²) in [5.74, 6) is -1.01. The SMILES string of the molecule is CCOc1cc(/C=C2\SC(=S)N(CC(=O)[O-])C2=O)cc(Cl)c1OC. The number of nitrogens with zero attached hydrogens (tertiary/aromatic N) is 1. The Morgan fingerprint density at radius 1 is 1.50 bits per heavy atom. The van der Waals surface area contributed by atoms with E-state index in [2.05, 4.69) is 0 Å². The molecule has 0 saturated carbocycles. The highest BCUT2D eigenvalue weighted by atomic mass is 35.5. The van der Waals surface area contributed by atoms with Crippen molar-refractivity contribution >= 4 is 57.9 Å². The fraction of sp³-hybridized carbons (Fsp3) is 0.267. The molecule has 9 heteroatoms. The van der Waals surface area contributed by atoms with E-state index in [1.54, 1.807) is 18.2 Å². The number of carbonyl (C=O) groups excluding carboxylic acids is 2. The third kappa shape index (κ3) is 4.00. The van der Waals surface area contributed by atoms with Crippen LogP contribution >= 0.6 is 35.6 Å². The third-order valence-corrected chi connectivity index (χ3v) is 4.65. The maximum atomic E-state index is 12.2. The molecule has 0 bridgehead atoms. The molecular weight excluding hydrogens is 374 g/mol. The van der Waals surface area contributed by atoms with Gasteiger partial charge >= 0.3 is 0 Å². The lowest BCUT2D eigenvalue weighted by molar-refractivity contribution is -0.305. The van der Waals surface area contributed by atoms with E-state index in [-0.39, 0.29) is 4.32 Å². The number of rotatable bonds is 6. The molecule has 0 aromatic heterocycles. The van der Waals surface area contributed by atoms with Crippen molar-refractivity contribution in [3.63, 3.8) is 0 Å². The Labute approximate surface area is 153 Å². The molecule has 1 saturated heterocycles. The summed E-state index contributed by atoms with van der Waals surface area (Å²) in [4.78, 5) is 24.2. The van der Waals surface area contributed by atoms with E-state index >= 15 is 0 Å². The normalized spacial score (nSPS) is 16.0. The van der Waals surface area contributed by atoms with Crippen LogP contribution in [0.1, 0.15) is 12.5 Å². The van der Waals surface area contributed by atoms with Gasteiger partial charge < -0.3 is 19.4 Å². The zero-order valence-corrected chi connectivity index (χ0v) is 15.2. The molecule has 6 nitrogen and oxygen atoms in total. The van der Waals surface area contributed by atoms with Crippen LogP contribution in [0, 0.1) is 0 Å². The van der Waals surface area contributed by atoms with Gasteiger partial charge in [-0.15, -0.1) is 0 Å². The van der Waals surface area contributed by atoms with Gasteiger partial charge in [-0.2, -0.15) is 0 Å². The van der Waals surface area contributed by atoms with E-state index < -0.39 is 18.4 Å². The molecule has 0 atom stereocenters. The number of thiocarbonyl (C=S) groups is 1. The number of ether oxygens (including phenoxy) is 2. The monoisotopic (exact) mass is 386 g/mol. The van der Waals surface area contributed by atoms with Crippen molar-refractivity contribution in [1.29, 1.82) is 0 Å². The number of carboxylic acid groups (broad SMARTS) is 1. The van der Waals surface area contributed by atoms with Crippen LogP contribution in [0.4, 0.5) is 0 Å². The summed E-state index contributed by atoms with van der Waals surface area (Å²) in [5, 5.41) is 11.0. The Morgan fingerprint density at radius 2 is 2.21 bits per heavy atom. The number of carbonyl (C=O) groups is 2. The van der Waals surface area contributed by atoms with Gasteiger partial charge in [0.2, 0.25) is 0 Å². The lowest BCUT2D eigenvalue weighted by Crippen LogP contribution is -2.40. The average molecular weight is 387 g/mol. The van der Waals surface area contributed by atoms with Crippen LogP contribution in [-0.4, -0.2) is 41.4 Å². The Balaban J connectivity index is 2.36. The molecule has 0 unspecified atom stereocenters. The summed E-state index contributed by atoms with van der Waals surface area (Å²) in [6, 6.07) is 3.30. The van der Waals surface area contributed by atoms with E-state index in [1.165, 1.54) is 7.11 Å². The number of carboxylic acids is 1. The highest BCUT2D eigenvalue weighted by molar-refractivity contribution is 8.26. The quantitative estimate of drug-likeness (QED) is 0.543. The smallest absolute Gasteiger partial charge is 0.266 e. The molecule has 128 valence electrons. The van der Waals surface area contributed by atoms with Crippen LogP contribution in [0.2, 0.25) is 5.02 Å². The van der Waals surface area contributed by atoms with E-state index in [4.69, 9.17) is 33.3 Å². The standard InChI is InChI=1S/C15H14ClNO5S2/c1-3-22-10-5-8(4-9(16)13(10)21-2)6-11-14(20)17(7-12(18)19)15(23)24-11/h4-6H,3,7H2,1-2H3,(H,18,19)/p-1/b11-6-. The van der Waals surface area contributed by atoms with Crippen LogP contribution < -0.4 is 14.6 Å². The molecule has 0 aliphatic carbocycles. The van der Waals surface area contributed by atoms with Gasteiger partial charge in [-0.05, 0) is 30.7 Å². The number of aliphatic carboxylic acids is 1. The lowest BCUT2D eigenvalue weighted by Gasteiger charge is -2.14. The van der Waals surface area contributed by atoms with Crippen LogP contribution in [0.3, 0.4) is 0 Å². The predicted octanol–water partition coefficient (Wildman–Crippen LogP) is 1.70. The number of amides is 1. The van der Waals surface area contributed by atoms with Crippen LogP contribution in [0.25, 0.3) is 6.08 Å². The fourth-order valence-corrected chi connectivity index (χ4v) is 3.60. The van der Waals surface area contributed by atoms with Crippen molar-refractivity contribution < 1.29 is 24.2 Å². The summed E-state index contributed by atoms with van der Waals surface area (Å²) in [6.45, 7) is 1.67. The second-order valence-corrected chi connectivity index (χ2v) is 6.69. The number of hydrogen-bond acceptors (Lipinski definition) is 7. The highest BCUT2D eigenvalue weighted by Gasteiger charge is 2.32. The minimum Gasteiger partial charge on any atom is -0.548 e. The number of halogens is 1. The largest absolute Gasteiger partial charge is 0.548 e. The molecular formula is C15H13ClNO5S2-. The van der Waals surface area contributed by atoms with Gasteiger partial charge in [0.15, 0.2) is 11.5 Å². The van der Waals surface area contributed by atoms with Gasteiger partial charge in [0.1, 0.15) is 4.32 Å². The second kappa shape index (κ2) is 7.87. The molecule has 0 N–H and O–H groups in total. The molecule has 1 heterocycles. The Bertz CT molecular complexity index is 735. The number of thioether (sulfide) groups is 1. The maximum absolute atomic E-state index is 12.2. The molecule has 1 aliphatic heterocycles. The summed E-state index contributed by atoms with van der Waals surface area (Å²) in [6.07, 6.45) is 1.57. The van der Waals surface area contributed by atoms with Crippen LogP contribution in [0.15, 0.2) is 17.0 Å². The van der Waals surface area contributed by atoms with Crippen molar-refractivity contribution in [2.45, 2.75) is 6.92 Å². The molecule has 0 spiro atoms. The number of hydrogen-bond donors (Lipinski definition) is 0. The summed E-state index contributed by atoms with van der Waals surface area (Å²) < 4.78 is 10.9. The summed E-state index contributed by atoms with van der Waals surface area (Å²) >= 11 is 12.2. The predicted molar refractivity (Wildman–Crippen MR) is 94.1 cm³/mol. The molecule has 0 radical (unpaired) electrons. The Hall–Kier alpha value is -1.77. The van der Waals surface area contributed by atoms with Gasteiger partial charge in [0.25, 0.3) is 5.91 Å². The first-order valence-electron chi connectivity index (χ1n) is 6.83.